The Morgan fingerprint density at radius 3 is 2.25 bits per heavy atom. The van der Waals surface area contributed by atoms with Crippen LogP contribution in [-0.4, -0.2) is 0 Å². The van der Waals surface area contributed by atoms with Crippen molar-refractivity contribution in [2.24, 2.45) is 0 Å². The SMILES string of the molecule is CCc1cc[cH-]c1CC.[Cl][Zr][Cl]. The first-order chi connectivity index (χ1) is 5.79. The minimum atomic E-state index is -0.826. The Kier molecular flexibility index (Phi) is 8.98. The van der Waals surface area contributed by atoms with Crippen LogP contribution in [0.15, 0.2) is 18.2 Å². The normalized spacial score (nSPS) is 8.67. The van der Waals surface area contributed by atoms with Crippen LogP contribution >= 0.6 is 17.0 Å². The van der Waals surface area contributed by atoms with Gasteiger partial charge in [0.2, 0.25) is 0 Å². The predicted octanol–water partition coefficient (Wildman–Crippen LogP) is 3.91. The van der Waals surface area contributed by atoms with Gasteiger partial charge >= 0.3 is 37.9 Å². The predicted molar refractivity (Wildman–Crippen MR) is 52.5 cm³/mol. The molecule has 0 aromatic heterocycles. The van der Waals surface area contributed by atoms with Crippen LogP contribution in [0.5, 0.6) is 0 Å². The maximum atomic E-state index is 4.93. The molecule has 1 aromatic rings. The maximum absolute atomic E-state index is 4.93. The molecule has 1 rings (SSSR count). The molecular weight excluding hydrogens is 270 g/mol. The molecule has 0 fully saturated rings. The Bertz CT molecular complexity index is 178. The summed E-state index contributed by atoms with van der Waals surface area (Å²) in [5.41, 5.74) is 3.02. The zero-order valence-corrected chi connectivity index (χ0v) is 11.4. The summed E-state index contributed by atoms with van der Waals surface area (Å²) in [6.45, 7) is 4.41. The Morgan fingerprint density at radius 1 is 1.33 bits per heavy atom. The molecule has 0 amide bonds. The number of hydrogen-bond donors (Lipinski definition) is 0. The Hall–Kier alpha value is 0.813. The Labute approximate surface area is 93.3 Å². The molecule has 0 unspecified atom stereocenters. The second kappa shape index (κ2) is 8.41. The molecule has 0 aliphatic rings. The van der Waals surface area contributed by atoms with Gasteiger partial charge in [0.25, 0.3) is 0 Å². The van der Waals surface area contributed by atoms with Gasteiger partial charge in [0.1, 0.15) is 0 Å². The third-order valence-electron chi connectivity index (χ3n) is 1.77. The van der Waals surface area contributed by atoms with Crippen molar-refractivity contribution in [1.29, 1.82) is 0 Å². The monoisotopic (exact) mass is 281 g/mol. The van der Waals surface area contributed by atoms with Crippen LogP contribution in [0.3, 0.4) is 0 Å². The summed E-state index contributed by atoms with van der Waals surface area (Å²) in [7, 11) is 9.87. The van der Waals surface area contributed by atoms with Crippen molar-refractivity contribution in [3.63, 3.8) is 0 Å². The molecule has 0 bridgehead atoms. The van der Waals surface area contributed by atoms with Gasteiger partial charge < -0.3 is 0 Å². The summed E-state index contributed by atoms with van der Waals surface area (Å²) in [4.78, 5) is 0. The summed E-state index contributed by atoms with van der Waals surface area (Å²) in [6, 6.07) is 6.55. The van der Waals surface area contributed by atoms with Crippen molar-refractivity contribution in [2.75, 3.05) is 0 Å². The summed E-state index contributed by atoms with van der Waals surface area (Å²) in [5, 5.41) is 0. The number of rotatable bonds is 2. The van der Waals surface area contributed by atoms with E-state index in [9.17, 15) is 0 Å². The fourth-order valence-electron chi connectivity index (χ4n) is 1.18. The van der Waals surface area contributed by atoms with Crippen molar-refractivity contribution in [1.82, 2.24) is 0 Å². The van der Waals surface area contributed by atoms with Gasteiger partial charge in [-0.25, -0.2) is 6.07 Å². The van der Waals surface area contributed by atoms with Gasteiger partial charge in [0.15, 0.2) is 0 Å². The van der Waals surface area contributed by atoms with Crippen molar-refractivity contribution >= 4 is 17.0 Å². The fourth-order valence-corrected chi connectivity index (χ4v) is 1.18. The second-order valence-corrected chi connectivity index (χ2v) is 6.09. The van der Waals surface area contributed by atoms with Crippen LogP contribution in [0.2, 0.25) is 0 Å². The Morgan fingerprint density at radius 2 is 1.92 bits per heavy atom. The fraction of sp³-hybridized carbons (Fsp3) is 0.444. The number of aryl methyl sites for hydroxylation is 2. The molecule has 0 nitrogen and oxygen atoms in total. The molecule has 1 aromatic carbocycles. The molecule has 0 N–H and O–H groups in total. The van der Waals surface area contributed by atoms with Crippen molar-refractivity contribution in [3.05, 3.63) is 29.3 Å². The first kappa shape index (κ1) is 12.8. The first-order valence-electron chi connectivity index (χ1n) is 3.99. The third kappa shape index (κ3) is 4.75. The average molecular weight is 283 g/mol. The molecule has 0 saturated carbocycles. The average Bonchev–Trinajstić information content (AvgIpc) is 2.52. The number of hydrogen-bond acceptors (Lipinski definition) is 0. The van der Waals surface area contributed by atoms with E-state index in [1.54, 1.807) is 0 Å². The van der Waals surface area contributed by atoms with Gasteiger partial charge in [-0.15, -0.1) is 0 Å². The van der Waals surface area contributed by atoms with Crippen LogP contribution < -0.4 is 0 Å². The van der Waals surface area contributed by atoms with Gasteiger partial charge in [-0.05, 0) is 0 Å². The van der Waals surface area contributed by atoms with E-state index in [4.69, 9.17) is 17.0 Å². The van der Waals surface area contributed by atoms with E-state index in [0.29, 0.717) is 0 Å². The van der Waals surface area contributed by atoms with Crippen molar-refractivity contribution < 1.29 is 20.8 Å². The van der Waals surface area contributed by atoms with Crippen LogP contribution in [0.4, 0.5) is 0 Å². The van der Waals surface area contributed by atoms with Gasteiger partial charge in [-0.2, -0.15) is 23.3 Å². The molecule has 68 valence electrons. The van der Waals surface area contributed by atoms with Gasteiger partial charge in [-0.3, -0.25) is 0 Å². The summed E-state index contributed by atoms with van der Waals surface area (Å²) < 4.78 is 0. The van der Waals surface area contributed by atoms with Gasteiger partial charge in [-0.1, -0.05) is 26.7 Å². The van der Waals surface area contributed by atoms with E-state index in [0.717, 1.165) is 0 Å². The van der Waals surface area contributed by atoms with Gasteiger partial charge in [0.05, 0.1) is 0 Å². The van der Waals surface area contributed by atoms with E-state index in [1.165, 1.54) is 24.0 Å². The summed E-state index contributed by atoms with van der Waals surface area (Å²) in [6.07, 6.45) is 2.35. The first-order valence-corrected chi connectivity index (χ1v) is 10.3. The van der Waals surface area contributed by atoms with Crippen LogP contribution in [0, 0.1) is 0 Å². The third-order valence-corrected chi connectivity index (χ3v) is 1.77. The molecule has 0 atom stereocenters. The topological polar surface area (TPSA) is 0 Å². The molecular formula is C9H13Cl2Zr-. The molecule has 3 heteroatoms. The zero-order valence-electron chi connectivity index (χ0n) is 7.40. The van der Waals surface area contributed by atoms with Crippen LogP contribution in [-0.2, 0) is 33.7 Å². The second-order valence-electron chi connectivity index (χ2n) is 2.35. The molecule has 12 heavy (non-hydrogen) atoms. The molecule has 0 saturated heterocycles. The van der Waals surface area contributed by atoms with E-state index in [-0.39, 0.29) is 0 Å². The zero-order chi connectivity index (χ0) is 9.40. The quantitative estimate of drug-likeness (QED) is 0.722. The molecule has 0 heterocycles. The van der Waals surface area contributed by atoms with Crippen molar-refractivity contribution in [3.8, 4) is 0 Å². The van der Waals surface area contributed by atoms with E-state index in [2.05, 4.69) is 32.0 Å². The molecule has 0 aliphatic heterocycles. The molecule has 0 radical (unpaired) electrons. The van der Waals surface area contributed by atoms with Crippen molar-refractivity contribution in [2.45, 2.75) is 26.7 Å². The number of halogens is 2. The summed E-state index contributed by atoms with van der Waals surface area (Å²) >= 11 is -0.826. The van der Waals surface area contributed by atoms with E-state index >= 15 is 0 Å². The van der Waals surface area contributed by atoms with Gasteiger partial charge in [0, 0.05) is 0 Å². The Balaban J connectivity index is 0.000000354. The van der Waals surface area contributed by atoms with Crippen LogP contribution in [0.1, 0.15) is 25.0 Å². The summed E-state index contributed by atoms with van der Waals surface area (Å²) in [5.74, 6) is 0. The van der Waals surface area contributed by atoms with Crippen LogP contribution in [0.25, 0.3) is 0 Å². The minimum absolute atomic E-state index is 0.826. The molecule has 0 aliphatic carbocycles. The molecule has 0 spiro atoms. The van der Waals surface area contributed by atoms with E-state index in [1.807, 2.05) is 0 Å². The van der Waals surface area contributed by atoms with E-state index < -0.39 is 20.8 Å². The standard InChI is InChI=1S/C9H13.2ClH.Zr/c1-3-8-6-5-7-9(8)4-2;;;/h5-7H,3-4H2,1-2H3;2*1H;/q-1;;;+2/p-2.